The van der Waals surface area contributed by atoms with Crippen molar-refractivity contribution in [2.45, 2.75) is 40.0 Å². The largest absolute Gasteiger partial charge is 0.462 e. The summed E-state index contributed by atoms with van der Waals surface area (Å²) in [5, 5.41) is 18.9. The molecule has 186 valence electrons. The third kappa shape index (κ3) is 5.35. The van der Waals surface area contributed by atoms with Crippen LogP contribution in [0.2, 0.25) is 0 Å². The number of benzene rings is 2. The quantitative estimate of drug-likeness (QED) is 0.262. The summed E-state index contributed by atoms with van der Waals surface area (Å²) in [7, 11) is 0. The van der Waals surface area contributed by atoms with Gasteiger partial charge in [0, 0.05) is 35.5 Å². The summed E-state index contributed by atoms with van der Waals surface area (Å²) in [6, 6.07) is 16.0. The number of nitrogens with zero attached hydrogens (tertiary/aromatic N) is 3. The van der Waals surface area contributed by atoms with Gasteiger partial charge in [-0.05, 0) is 30.9 Å². The summed E-state index contributed by atoms with van der Waals surface area (Å²) in [6.45, 7) is 7.78. The number of aromatic nitrogens is 2. The number of hydrogen-bond acceptors (Lipinski definition) is 8. The smallest absolute Gasteiger partial charge is 0.336 e. The van der Waals surface area contributed by atoms with E-state index in [-0.39, 0.29) is 24.1 Å². The highest BCUT2D eigenvalue weighted by atomic mass is 16.6. The molecular formula is C27H28N4O5. The van der Waals surface area contributed by atoms with Gasteiger partial charge < -0.3 is 14.6 Å². The maximum absolute atomic E-state index is 13.3. The van der Waals surface area contributed by atoms with Crippen molar-refractivity contribution >= 4 is 17.2 Å². The van der Waals surface area contributed by atoms with Gasteiger partial charge in [-0.15, -0.1) is 0 Å². The summed E-state index contributed by atoms with van der Waals surface area (Å²) >= 11 is 0. The molecule has 0 aliphatic carbocycles. The van der Waals surface area contributed by atoms with E-state index in [0.717, 1.165) is 5.56 Å². The second-order valence-corrected chi connectivity index (χ2v) is 9.16. The van der Waals surface area contributed by atoms with Gasteiger partial charge >= 0.3 is 5.97 Å². The molecule has 1 unspecified atom stereocenters. The van der Waals surface area contributed by atoms with E-state index in [1.54, 1.807) is 19.1 Å². The van der Waals surface area contributed by atoms with Crippen molar-refractivity contribution in [2.75, 3.05) is 6.61 Å². The molecule has 0 saturated carbocycles. The van der Waals surface area contributed by atoms with Crippen molar-refractivity contribution in [3.8, 4) is 0 Å². The van der Waals surface area contributed by atoms with Crippen LogP contribution < -0.4 is 5.32 Å². The Labute approximate surface area is 209 Å². The Kier molecular flexibility index (Phi) is 7.28. The molecule has 0 saturated heterocycles. The third-order valence-electron chi connectivity index (χ3n) is 5.85. The molecule has 2 heterocycles. The van der Waals surface area contributed by atoms with Gasteiger partial charge in [0.05, 0.1) is 23.0 Å². The lowest BCUT2D eigenvalue weighted by molar-refractivity contribution is -0.384. The predicted molar refractivity (Wildman–Crippen MR) is 134 cm³/mol. The van der Waals surface area contributed by atoms with Crippen LogP contribution in [0.1, 0.15) is 56.5 Å². The minimum absolute atomic E-state index is 0.0779. The van der Waals surface area contributed by atoms with Crippen LogP contribution in [-0.2, 0) is 16.0 Å². The number of dihydropyridines is 1. The van der Waals surface area contributed by atoms with E-state index in [0.29, 0.717) is 40.3 Å². The normalized spacial score (nSPS) is 15.8. The number of hydrogen-bond donors (Lipinski definition) is 1. The zero-order valence-electron chi connectivity index (χ0n) is 20.6. The molecule has 9 nitrogen and oxygen atoms in total. The first-order chi connectivity index (χ1) is 17.2. The second-order valence-electron chi connectivity index (χ2n) is 9.16. The van der Waals surface area contributed by atoms with Gasteiger partial charge in [0.2, 0.25) is 0 Å². The minimum atomic E-state index is -0.698. The topological polar surface area (TPSA) is 120 Å². The lowest BCUT2D eigenvalue weighted by Crippen LogP contribution is -2.29. The number of non-ortho nitro benzene ring substituents is 1. The van der Waals surface area contributed by atoms with E-state index >= 15 is 0 Å². The Balaban J connectivity index is 1.79. The van der Waals surface area contributed by atoms with Crippen molar-refractivity contribution in [1.29, 1.82) is 0 Å². The maximum atomic E-state index is 13.3. The van der Waals surface area contributed by atoms with Gasteiger partial charge in [0.1, 0.15) is 0 Å². The zero-order chi connectivity index (χ0) is 25.8. The van der Waals surface area contributed by atoms with Crippen LogP contribution in [0.3, 0.4) is 0 Å². The maximum Gasteiger partial charge on any atom is 0.336 e. The van der Waals surface area contributed by atoms with E-state index in [1.807, 2.05) is 51.1 Å². The van der Waals surface area contributed by atoms with Crippen LogP contribution in [0.4, 0.5) is 5.69 Å². The van der Waals surface area contributed by atoms with Crippen LogP contribution in [-0.4, -0.2) is 27.6 Å². The van der Waals surface area contributed by atoms with Gasteiger partial charge in [-0.1, -0.05) is 61.5 Å². The number of rotatable bonds is 8. The number of nitro benzene ring substituents is 1. The van der Waals surface area contributed by atoms with Crippen molar-refractivity contribution in [1.82, 2.24) is 15.5 Å². The highest BCUT2D eigenvalue weighted by Gasteiger charge is 2.38. The fourth-order valence-corrected chi connectivity index (χ4v) is 4.23. The first-order valence-electron chi connectivity index (χ1n) is 11.7. The summed E-state index contributed by atoms with van der Waals surface area (Å²) in [5.74, 6) is -0.320. The minimum Gasteiger partial charge on any atom is -0.462 e. The van der Waals surface area contributed by atoms with Gasteiger partial charge in [0.15, 0.2) is 5.82 Å². The molecule has 1 aromatic heterocycles. The standard InChI is InChI=1S/C27H28N4O5/c1-16(2)15-35-27(32)24-18(4)28-17(3)23(25(24)20-11-8-12-21(14-20)31(33)34)26-29-22(30-36-26)13-19-9-6-5-7-10-19/h5-12,14,16,25,28H,13,15H2,1-4H3. The lowest BCUT2D eigenvalue weighted by Gasteiger charge is -2.30. The van der Waals surface area contributed by atoms with E-state index in [9.17, 15) is 14.9 Å². The Morgan fingerprint density at radius 2 is 1.89 bits per heavy atom. The second kappa shape index (κ2) is 10.6. The zero-order valence-corrected chi connectivity index (χ0v) is 20.6. The molecular weight excluding hydrogens is 460 g/mol. The van der Waals surface area contributed by atoms with Crippen molar-refractivity contribution in [3.05, 3.63) is 105 Å². The number of nitrogens with one attached hydrogen (secondary N) is 1. The Morgan fingerprint density at radius 1 is 1.14 bits per heavy atom. The lowest BCUT2D eigenvalue weighted by atomic mass is 9.80. The summed E-state index contributed by atoms with van der Waals surface area (Å²) < 4.78 is 11.3. The van der Waals surface area contributed by atoms with E-state index < -0.39 is 16.8 Å². The van der Waals surface area contributed by atoms with E-state index in [1.165, 1.54) is 12.1 Å². The molecule has 1 aliphatic rings. The summed E-state index contributed by atoms with van der Waals surface area (Å²) in [5.41, 5.74) is 3.74. The Morgan fingerprint density at radius 3 is 2.58 bits per heavy atom. The number of nitro groups is 1. The van der Waals surface area contributed by atoms with Crippen molar-refractivity contribution in [3.63, 3.8) is 0 Å². The first-order valence-corrected chi connectivity index (χ1v) is 11.7. The molecule has 2 aromatic carbocycles. The highest BCUT2D eigenvalue weighted by Crippen LogP contribution is 2.44. The molecule has 1 aliphatic heterocycles. The summed E-state index contributed by atoms with van der Waals surface area (Å²) in [6.07, 6.45) is 0.476. The molecule has 3 aromatic rings. The highest BCUT2D eigenvalue weighted by molar-refractivity contribution is 5.97. The van der Waals surface area contributed by atoms with E-state index in [4.69, 9.17) is 9.26 Å². The Bertz CT molecular complexity index is 1340. The molecule has 0 fully saturated rings. The molecule has 0 bridgehead atoms. The predicted octanol–water partition coefficient (Wildman–Crippen LogP) is 5.16. The average Bonchev–Trinajstić information content (AvgIpc) is 3.30. The van der Waals surface area contributed by atoms with Crippen LogP contribution in [0.5, 0.6) is 0 Å². The van der Waals surface area contributed by atoms with Gasteiger partial charge in [-0.2, -0.15) is 4.98 Å². The first kappa shape index (κ1) is 24.8. The summed E-state index contributed by atoms with van der Waals surface area (Å²) in [4.78, 5) is 29.0. The van der Waals surface area contributed by atoms with Crippen molar-refractivity contribution in [2.24, 2.45) is 5.92 Å². The SMILES string of the molecule is CC1=C(C(=O)OCC(C)C)C(c2cccc([N+](=O)[O-])c2)C(c2nc(Cc3ccccc3)no2)=C(C)N1. The molecule has 4 rings (SSSR count). The molecule has 1 atom stereocenters. The monoisotopic (exact) mass is 488 g/mol. The van der Waals surface area contributed by atoms with Crippen molar-refractivity contribution < 1.29 is 19.0 Å². The molecule has 36 heavy (non-hydrogen) atoms. The number of esters is 1. The van der Waals surface area contributed by atoms with E-state index in [2.05, 4.69) is 15.5 Å². The van der Waals surface area contributed by atoms with Gasteiger partial charge in [0.25, 0.3) is 11.6 Å². The third-order valence-corrected chi connectivity index (χ3v) is 5.85. The molecule has 0 spiro atoms. The fraction of sp³-hybridized carbons (Fsp3) is 0.296. The molecule has 9 heteroatoms. The van der Waals surface area contributed by atoms with Crippen LogP contribution in [0.15, 0.2) is 76.1 Å². The fourth-order valence-electron chi connectivity index (χ4n) is 4.23. The van der Waals surface area contributed by atoms with Crippen LogP contribution in [0.25, 0.3) is 5.57 Å². The van der Waals surface area contributed by atoms with Gasteiger partial charge in [-0.3, -0.25) is 10.1 Å². The molecule has 0 amide bonds. The molecule has 1 N–H and O–H groups in total. The average molecular weight is 489 g/mol. The van der Waals surface area contributed by atoms with Gasteiger partial charge in [-0.25, -0.2) is 4.79 Å². The Hall–Kier alpha value is -4.27. The number of carbonyl (C=O) groups excluding carboxylic acids is 1. The number of carbonyl (C=O) groups is 1. The number of allylic oxidation sites excluding steroid dienone is 3. The van der Waals surface area contributed by atoms with Crippen LogP contribution in [0, 0.1) is 16.0 Å². The number of ether oxygens (including phenoxy) is 1. The van der Waals surface area contributed by atoms with Crippen LogP contribution >= 0.6 is 0 Å². The molecule has 0 radical (unpaired) electrons.